The van der Waals surface area contributed by atoms with Gasteiger partial charge in [-0.25, -0.2) is 0 Å². The second-order valence-corrected chi connectivity index (χ2v) is 2.00. The Hall–Kier alpha value is -1.10. The number of hydrogen-bond acceptors (Lipinski definition) is 2. The van der Waals surface area contributed by atoms with Gasteiger partial charge in [0.1, 0.15) is 0 Å². The maximum Gasteiger partial charge on any atom is 0.205 e. The van der Waals surface area contributed by atoms with Crippen molar-refractivity contribution in [3.05, 3.63) is 12.7 Å². The Morgan fingerprint density at radius 3 is 2.44 bits per heavy atom. The smallest absolute Gasteiger partial charge is 0.178 e. The summed E-state index contributed by atoms with van der Waals surface area (Å²) in [4.78, 5) is 3.55. The van der Waals surface area contributed by atoms with Crippen LogP contribution in [-0.2, 0) is 0 Å². The summed E-state index contributed by atoms with van der Waals surface area (Å²) in [5.41, 5.74) is 0.748. The van der Waals surface area contributed by atoms with Gasteiger partial charge >= 0.3 is 0 Å². The maximum absolute atomic E-state index is 8.13. The van der Waals surface area contributed by atoms with Crippen LogP contribution in [0.3, 0.4) is 0 Å². The molecule has 0 spiro atoms. The first-order valence-electron chi connectivity index (χ1n) is 2.81. The van der Waals surface area contributed by atoms with Crippen molar-refractivity contribution >= 4 is 5.71 Å². The van der Waals surface area contributed by atoms with E-state index in [0.717, 1.165) is 5.71 Å². The number of rotatable bonds is 2. The molecule has 0 radical (unpaired) electrons. The van der Waals surface area contributed by atoms with Gasteiger partial charge in [0.25, 0.3) is 0 Å². The zero-order valence-corrected chi connectivity index (χ0v) is 5.76. The first-order valence-corrected chi connectivity index (χ1v) is 2.81. The van der Waals surface area contributed by atoms with Gasteiger partial charge in [0.2, 0.25) is 6.19 Å². The Kier molecular flexibility index (Phi) is 3.38. The molecule has 2 heteroatoms. The highest BCUT2D eigenvalue weighted by atomic mass is 14.7. The van der Waals surface area contributed by atoms with Crippen LogP contribution in [0.4, 0.5) is 0 Å². The minimum Gasteiger partial charge on any atom is -0.178 e. The molecule has 0 aliphatic heterocycles. The SMILES string of the molecule is C=CC(=NC#N)C(C)C. The van der Waals surface area contributed by atoms with E-state index < -0.39 is 0 Å². The van der Waals surface area contributed by atoms with Gasteiger partial charge in [-0.1, -0.05) is 20.4 Å². The van der Waals surface area contributed by atoms with Crippen LogP contribution in [0.15, 0.2) is 17.6 Å². The molecule has 48 valence electrons. The highest BCUT2D eigenvalue weighted by Gasteiger charge is 1.97. The predicted molar refractivity (Wildman–Crippen MR) is 38.1 cm³/mol. The summed E-state index contributed by atoms with van der Waals surface area (Å²) < 4.78 is 0. The third-order valence-corrected chi connectivity index (χ3v) is 0.980. The van der Waals surface area contributed by atoms with Gasteiger partial charge in [-0.05, 0) is 12.0 Å². The van der Waals surface area contributed by atoms with Gasteiger partial charge < -0.3 is 0 Å². The normalized spacial score (nSPS) is 11.1. The van der Waals surface area contributed by atoms with Gasteiger partial charge in [0, 0.05) is 0 Å². The molecule has 0 aliphatic carbocycles. The molecule has 0 aromatic carbocycles. The van der Waals surface area contributed by atoms with Crippen molar-refractivity contribution in [1.29, 1.82) is 5.26 Å². The van der Waals surface area contributed by atoms with Crippen molar-refractivity contribution in [2.45, 2.75) is 13.8 Å². The van der Waals surface area contributed by atoms with Crippen LogP contribution in [-0.4, -0.2) is 5.71 Å². The van der Waals surface area contributed by atoms with E-state index in [1.807, 2.05) is 13.8 Å². The van der Waals surface area contributed by atoms with Gasteiger partial charge in [-0.15, -0.1) is 0 Å². The van der Waals surface area contributed by atoms with E-state index in [1.54, 1.807) is 12.3 Å². The van der Waals surface area contributed by atoms with E-state index >= 15 is 0 Å². The van der Waals surface area contributed by atoms with E-state index in [9.17, 15) is 0 Å². The highest BCUT2D eigenvalue weighted by Crippen LogP contribution is 1.96. The van der Waals surface area contributed by atoms with E-state index in [4.69, 9.17) is 5.26 Å². The van der Waals surface area contributed by atoms with E-state index in [-0.39, 0.29) is 0 Å². The molecular formula is C7H10N2. The fraction of sp³-hybridized carbons (Fsp3) is 0.429. The molecule has 0 saturated carbocycles. The topological polar surface area (TPSA) is 36.1 Å². The van der Waals surface area contributed by atoms with Crippen molar-refractivity contribution in [1.82, 2.24) is 0 Å². The Labute approximate surface area is 55.5 Å². The molecule has 0 atom stereocenters. The summed E-state index contributed by atoms with van der Waals surface area (Å²) in [6.45, 7) is 7.46. The van der Waals surface area contributed by atoms with Crippen LogP contribution < -0.4 is 0 Å². The highest BCUT2D eigenvalue weighted by molar-refractivity contribution is 5.96. The standard InChI is InChI=1S/C7H10N2/c1-4-7(6(2)3)9-5-8/h4,6H,1H2,2-3H3. The average Bonchev–Trinajstić information content (AvgIpc) is 1.82. The lowest BCUT2D eigenvalue weighted by atomic mass is 10.1. The molecule has 0 N–H and O–H groups in total. The second kappa shape index (κ2) is 3.85. The molecular weight excluding hydrogens is 112 g/mol. The molecule has 0 aliphatic rings. The summed E-state index contributed by atoms with van der Waals surface area (Å²) in [7, 11) is 0. The van der Waals surface area contributed by atoms with Crippen LogP contribution in [0.5, 0.6) is 0 Å². The Balaban J connectivity index is 4.19. The van der Waals surface area contributed by atoms with E-state index in [2.05, 4.69) is 11.6 Å². The van der Waals surface area contributed by atoms with Crippen molar-refractivity contribution in [3.8, 4) is 6.19 Å². The summed E-state index contributed by atoms with van der Waals surface area (Å²) in [6.07, 6.45) is 3.32. The van der Waals surface area contributed by atoms with E-state index in [0.29, 0.717) is 5.92 Å². The molecule has 2 nitrogen and oxygen atoms in total. The predicted octanol–water partition coefficient (Wildman–Crippen LogP) is 1.75. The molecule has 0 fully saturated rings. The zero-order chi connectivity index (χ0) is 7.28. The van der Waals surface area contributed by atoms with E-state index in [1.165, 1.54) is 0 Å². The summed E-state index contributed by atoms with van der Waals surface area (Å²) in [6, 6.07) is 0. The van der Waals surface area contributed by atoms with Crippen molar-refractivity contribution < 1.29 is 0 Å². The zero-order valence-electron chi connectivity index (χ0n) is 5.76. The number of allylic oxidation sites excluding steroid dienone is 1. The Morgan fingerprint density at radius 1 is 1.78 bits per heavy atom. The van der Waals surface area contributed by atoms with Gasteiger partial charge in [-0.3, -0.25) is 0 Å². The molecule has 0 aromatic rings. The minimum atomic E-state index is 0.294. The van der Waals surface area contributed by atoms with Crippen molar-refractivity contribution in [2.75, 3.05) is 0 Å². The van der Waals surface area contributed by atoms with Crippen LogP contribution in [0.25, 0.3) is 0 Å². The fourth-order valence-electron chi connectivity index (χ4n) is 0.468. The molecule has 0 saturated heterocycles. The molecule has 9 heavy (non-hydrogen) atoms. The van der Waals surface area contributed by atoms with Gasteiger partial charge in [0.15, 0.2) is 0 Å². The van der Waals surface area contributed by atoms with Crippen molar-refractivity contribution in [3.63, 3.8) is 0 Å². The minimum absolute atomic E-state index is 0.294. The second-order valence-electron chi connectivity index (χ2n) is 2.00. The number of nitriles is 1. The molecule has 0 unspecified atom stereocenters. The van der Waals surface area contributed by atoms with Crippen molar-refractivity contribution in [2.24, 2.45) is 10.9 Å². The number of aliphatic imine (C=N–C) groups is 1. The largest absolute Gasteiger partial charge is 0.205 e. The lowest BCUT2D eigenvalue weighted by Crippen LogP contribution is -2.01. The number of nitrogens with zero attached hydrogens (tertiary/aromatic N) is 2. The third-order valence-electron chi connectivity index (χ3n) is 0.980. The molecule has 0 heterocycles. The van der Waals surface area contributed by atoms with Crippen LogP contribution in [0, 0.1) is 17.4 Å². The fourth-order valence-corrected chi connectivity index (χ4v) is 0.468. The Morgan fingerprint density at radius 2 is 2.33 bits per heavy atom. The first-order chi connectivity index (χ1) is 4.22. The lowest BCUT2D eigenvalue weighted by Gasteiger charge is -1.98. The molecule has 0 bridgehead atoms. The molecule has 0 rings (SSSR count). The van der Waals surface area contributed by atoms with Crippen LogP contribution in [0.2, 0.25) is 0 Å². The summed E-state index contributed by atoms with van der Waals surface area (Å²) >= 11 is 0. The van der Waals surface area contributed by atoms with Crippen LogP contribution in [0.1, 0.15) is 13.8 Å². The summed E-state index contributed by atoms with van der Waals surface area (Å²) in [5.74, 6) is 0.294. The molecule has 0 amide bonds. The van der Waals surface area contributed by atoms with Crippen LogP contribution >= 0.6 is 0 Å². The van der Waals surface area contributed by atoms with Gasteiger partial charge in [-0.2, -0.15) is 10.3 Å². The van der Waals surface area contributed by atoms with Gasteiger partial charge in [0.05, 0.1) is 5.71 Å². The average molecular weight is 122 g/mol. The quantitative estimate of drug-likeness (QED) is 0.406. The maximum atomic E-state index is 8.13. The monoisotopic (exact) mass is 122 g/mol. The summed E-state index contributed by atoms with van der Waals surface area (Å²) in [5, 5.41) is 8.13. The number of hydrogen-bond donors (Lipinski definition) is 0. The lowest BCUT2D eigenvalue weighted by molar-refractivity contribution is 0.889. The molecule has 0 aromatic heterocycles. The Bertz CT molecular complexity index is 160. The first kappa shape index (κ1) is 7.90. The third kappa shape index (κ3) is 2.65.